The fourth-order valence-electron chi connectivity index (χ4n) is 1.00. The van der Waals surface area contributed by atoms with Crippen molar-refractivity contribution in [3.8, 4) is 0 Å². The molecule has 0 amide bonds. The van der Waals surface area contributed by atoms with Crippen LogP contribution in [0.5, 0.6) is 0 Å². The van der Waals surface area contributed by atoms with E-state index in [1.54, 1.807) is 0 Å². The molecule has 1 radical (unpaired) electrons. The largest absolute Gasteiger partial charge is 0.247 e. The maximum Gasteiger partial charge on any atom is 0.181 e. The number of aliphatic imine (C=N–C) groups is 2. The molecule has 1 aliphatic carbocycles. The molecule has 2 nitrogen and oxygen atoms in total. The molecule has 2 rings (SSSR count). The van der Waals surface area contributed by atoms with Crippen molar-refractivity contribution in [2.75, 3.05) is 0 Å². The predicted octanol–water partition coefficient (Wildman–Crippen LogP) is 1.22. The fourth-order valence-corrected chi connectivity index (χ4v) is 1.24. The number of rotatable bonds is 0. The van der Waals surface area contributed by atoms with Gasteiger partial charge in [0.1, 0.15) is 6.04 Å². The Morgan fingerprint density at radius 3 is 2.91 bits per heavy atom. The van der Waals surface area contributed by atoms with Crippen molar-refractivity contribution in [1.82, 2.24) is 0 Å². The van der Waals surface area contributed by atoms with Gasteiger partial charge >= 0.3 is 0 Å². The van der Waals surface area contributed by atoms with Gasteiger partial charge in [-0.1, -0.05) is 18.2 Å². The maximum absolute atomic E-state index is 4.15. The Bertz CT molecular complexity index is 278. The van der Waals surface area contributed by atoms with Gasteiger partial charge in [-0.3, -0.25) is 0 Å². The molecule has 0 spiro atoms. The molecule has 0 saturated heterocycles. The summed E-state index contributed by atoms with van der Waals surface area (Å²) >= 11 is 4.04. The van der Waals surface area contributed by atoms with Gasteiger partial charge in [-0.25, -0.2) is 9.98 Å². The predicted molar refractivity (Wildman–Crippen MR) is 45.9 cm³/mol. The Morgan fingerprint density at radius 2 is 2.18 bits per heavy atom. The minimum atomic E-state index is 0. The van der Waals surface area contributed by atoms with E-state index in [1.807, 2.05) is 24.3 Å². The van der Waals surface area contributed by atoms with E-state index in [9.17, 15) is 0 Å². The summed E-state index contributed by atoms with van der Waals surface area (Å²) in [4.78, 5) is 8.25. The third-order valence-corrected chi connectivity index (χ3v) is 1.67. The minimum Gasteiger partial charge on any atom is -0.247 e. The molecule has 0 N–H and O–H groups in total. The van der Waals surface area contributed by atoms with Crippen molar-refractivity contribution in [1.29, 1.82) is 0 Å². The zero-order valence-electron chi connectivity index (χ0n) is 5.53. The van der Waals surface area contributed by atoms with Crippen LogP contribution in [0.3, 0.4) is 0 Å². The zero-order valence-corrected chi connectivity index (χ0v) is 7.37. The molecule has 1 aliphatic heterocycles. The van der Waals surface area contributed by atoms with Crippen molar-refractivity contribution >= 4 is 23.5 Å². The molecule has 0 aromatic rings. The van der Waals surface area contributed by atoms with Gasteiger partial charge in [0.15, 0.2) is 5.17 Å². The SMILES string of the molecule is SC1=NC2C=CC=CC2=N1.[Cu]. The Kier molecular flexibility index (Phi) is 2.71. The van der Waals surface area contributed by atoms with Crippen LogP contribution in [0.15, 0.2) is 34.3 Å². The summed E-state index contributed by atoms with van der Waals surface area (Å²) in [5.74, 6) is 0. The summed E-state index contributed by atoms with van der Waals surface area (Å²) in [6.45, 7) is 0. The van der Waals surface area contributed by atoms with E-state index in [2.05, 4.69) is 22.6 Å². The first kappa shape index (κ1) is 8.78. The molecule has 4 heteroatoms. The first-order valence-corrected chi connectivity index (χ1v) is 3.51. The second-order valence-corrected chi connectivity index (χ2v) is 2.55. The average Bonchev–Trinajstić information content (AvgIpc) is 2.27. The first-order valence-electron chi connectivity index (χ1n) is 3.06. The summed E-state index contributed by atoms with van der Waals surface area (Å²) in [6.07, 6.45) is 7.89. The van der Waals surface area contributed by atoms with Crippen molar-refractivity contribution in [2.24, 2.45) is 9.98 Å². The number of thiol groups is 1. The van der Waals surface area contributed by atoms with Crippen LogP contribution in [0.25, 0.3) is 0 Å². The number of hydrogen-bond donors (Lipinski definition) is 1. The van der Waals surface area contributed by atoms with E-state index < -0.39 is 0 Å². The van der Waals surface area contributed by atoms with Crippen LogP contribution in [-0.2, 0) is 17.1 Å². The van der Waals surface area contributed by atoms with Gasteiger partial charge in [-0.15, -0.1) is 12.6 Å². The van der Waals surface area contributed by atoms with E-state index in [0.29, 0.717) is 5.17 Å². The quantitative estimate of drug-likeness (QED) is 0.463. The third kappa shape index (κ3) is 1.64. The molecule has 11 heavy (non-hydrogen) atoms. The average molecular weight is 214 g/mol. The number of fused-ring (bicyclic) bond motifs is 1. The molecule has 1 atom stereocenters. The maximum atomic E-state index is 4.15. The van der Waals surface area contributed by atoms with Gasteiger partial charge in [0, 0.05) is 17.1 Å². The molecule has 1 heterocycles. The Morgan fingerprint density at radius 1 is 1.36 bits per heavy atom. The Hall–Kier alpha value is -0.311. The van der Waals surface area contributed by atoms with Crippen molar-refractivity contribution in [3.63, 3.8) is 0 Å². The van der Waals surface area contributed by atoms with Gasteiger partial charge in [-0.2, -0.15) is 0 Å². The molecule has 61 valence electrons. The topological polar surface area (TPSA) is 24.7 Å². The van der Waals surface area contributed by atoms with E-state index >= 15 is 0 Å². The number of allylic oxidation sites excluding steroid dienone is 2. The smallest absolute Gasteiger partial charge is 0.181 e. The van der Waals surface area contributed by atoms with Gasteiger partial charge in [-0.05, 0) is 6.08 Å². The van der Waals surface area contributed by atoms with Crippen LogP contribution in [0.4, 0.5) is 0 Å². The monoisotopic (exact) mass is 213 g/mol. The summed E-state index contributed by atoms with van der Waals surface area (Å²) in [7, 11) is 0. The molecule has 0 bridgehead atoms. The van der Waals surface area contributed by atoms with Gasteiger partial charge < -0.3 is 0 Å². The standard InChI is InChI=1S/C7H6N2S.Cu/c10-7-8-5-3-1-2-4-6(5)9-7;/h1-5H,(H,8,10);. The Labute approximate surface area is 81.1 Å². The minimum absolute atomic E-state index is 0. The van der Waals surface area contributed by atoms with Crippen LogP contribution in [0, 0.1) is 0 Å². The van der Waals surface area contributed by atoms with Gasteiger partial charge in [0.25, 0.3) is 0 Å². The Balaban J connectivity index is 0.000000605. The molecule has 2 aliphatic rings. The van der Waals surface area contributed by atoms with Crippen molar-refractivity contribution in [2.45, 2.75) is 6.04 Å². The second-order valence-electron chi connectivity index (χ2n) is 2.15. The normalized spacial score (nSPS) is 25.4. The molecule has 0 saturated carbocycles. The van der Waals surface area contributed by atoms with Gasteiger partial charge in [0.2, 0.25) is 0 Å². The second kappa shape index (κ2) is 3.39. The molecule has 1 unspecified atom stereocenters. The van der Waals surface area contributed by atoms with Crippen LogP contribution in [-0.4, -0.2) is 16.9 Å². The summed E-state index contributed by atoms with van der Waals surface area (Å²) in [5.41, 5.74) is 0.993. The van der Waals surface area contributed by atoms with Crippen LogP contribution in [0.1, 0.15) is 0 Å². The van der Waals surface area contributed by atoms with E-state index in [-0.39, 0.29) is 23.1 Å². The van der Waals surface area contributed by atoms with Crippen LogP contribution in [0.2, 0.25) is 0 Å². The van der Waals surface area contributed by atoms with Crippen LogP contribution >= 0.6 is 12.6 Å². The summed E-state index contributed by atoms with van der Waals surface area (Å²) < 4.78 is 0. The first-order chi connectivity index (χ1) is 4.86. The number of nitrogens with zero attached hydrogens (tertiary/aromatic N) is 2. The van der Waals surface area contributed by atoms with Crippen molar-refractivity contribution in [3.05, 3.63) is 24.3 Å². The van der Waals surface area contributed by atoms with E-state index in [4.69, 9.17) is 0 Å². The number of amidine groups is 1. The van der Waals surface area contributed by atoms with Gasteiger partial charge in [0.05, 0.1) is 5.71 Å². The van der Waals surface area contributed by atoms with Crippen molar-refractivity contribution < 1.29 is 17.1 Å². The molecular formula is C7H6CuN2S. The molecular weight excluding hydrogens is 208 g/mol. The molecule has 0 aromatic carbocycles. The zero-order chi connectivity index (χ0) is 6.97. The van der Waals surface area contributed by atoms with Crippen LogP contribution < -0.4 is 0 Å². The number of hydrogen-bond acceptors (Lipinski definition) is 2. The summed E-state index contributed by atoms with van der Waals surface area (Å²) in [5, 5.41) is 0.580. The van der Waals surface area contributed by atoms with E-state index in [0.717, 1.165) is 5.71 Å². The molecule has 0 fully saturated rings. The third-order valence-electron chi connectivity index (χ3n) is 1.46. The molecule has 0 aromatic heterocycles. The van der Waals surface area contributed by atoms with E-state index in [1.165, 1.54) is 0 Å². The fraction of sp³-hybridized carbons (Fsp3) is 0.143. The summed E-state index contributed by atoms with van der Waals surface area (Å²) in [6, 6.07) is 0.137.